The summed E-state index contributed by atoms with van der Waals surface area (Å²) in [5.74, 6) is 1.32. The highest BCUT2D eigenvalue weighted by atomic mass is 32.1. The molecule has 2 N–H and O–H groups in total. The molecule has 1 aromatic carbocycles. The molecular weight excluding hydrogens is 316 g/mol. The summed E-state index contributed by atoms with van der Waals surface area (Å²) in [7, 11) is 1.59. The van der Waals surface area contributed by atoms with E-state index in [0.29, 0.717) is 23.2 Å². The fourth-order valence-corrected chi connectivity index (χ4v) is 2.58. The molecule has 1 aromatic heterocycles. The monoisotopic (exact) mass is 336 g/mol. The zero-order valence-electron chi connectivity index (χ0n) is 13.5. The summed E-state index contributed by atoms with van der Waals surface area (Å²) in [4.78, 5) is 12.0. The van der Waals surface area contributed by atoms with Gasteiger partial charge in [-0.2, -0.15) is 0 Å². The molecule has 2 aromatic rings. The molecule has 7 nitrogen and oxygen atoms in total. The number of anilines is 1. The summed E-state index contributed by atoms with van der Waals surface area (Å²) in [6, 6.07) is 5.05. The first kappa shape index (κ1) is 17.0. The molecule has 2 amide bonds. The summed E-state index contributed by atoms with van der Waals surface area (Å²) in [6.45, 7) is 6.19. The molecule has 0 unspecified atom stereocenters. The number of hydrogen-bond donors (Lipinski definition) is 2. The largest absolute Gasteiger partial charge is 0.493 e. The highest BCUT2D eigenvalue weighted by Crippen LogP contribution is 2.30. The number of aromatic nitrogens is 2. The van der Waals surface area contributed by atoms with Gasteiger partial charge in [-0.05, 0) is 38.5 Å². The molecule has 0 aliphatic heterocycles. The molecule has 0 spiro atoms. The van der Waals surface area contributed by atoms with Crippen LogP contribution < -0.4 is 20.1 Å². The molecule has 0 saturated carbocycles. The van der Waals surface area contributed by atoms with Crippen molar-refractivity contribution in [3.05, 3.63) is 28.8 Å². The van der Waals surface area contributed by atoms with Crippen LogP contribution in [0.1, 0.15) is 30.5 Å². The summed E-state index contributed by atoms with van der Waals surface area (Å²) < 4.78 is 10.8. The van der Waals surface area contributed by atoms with Crippen LogP contribution in [-0.4, -0.2) is 29.9 Å². The molecule has 2 rings (SSSR count). The van der Waals surface area contributed by atoms with Crippen LogP contribution >= 0.6 is 11.3 Å². The van der Waals surface area contributed by atoms with Crippen LogP contribution in [0.5, 0.6) is 11.5 Å². The van der Waals surface area contributed by atoms with Gasteiger partial charge in [0.15, 0.2) is 11.5 Å². The maximum Gasteiger partial charge on any atom is 0.321 e. The Bertz CT molecular complexity index is 674. The molecule has 23 heavy (non-hydrogen) atoms. The first-order valence-corrected chi connectivity index (χ1v) is 8.03. The van der Waals surface area contributed by atoms with Crippen molar-refractivity contribution in [2.75, 3.05) is 19.0 Å². The number of carbonyl (C=O) groups is 1. The number of ether oxygens (including phenoxy) is 2. The van der Waals surface area contributed by atoms with E-state index in [-0.39, 0.29) is 12.1 Å². The van der Waals surface area contributed by atoms with Crippen LogP contribution in [-0.2, 0) is 0 Å². The molecule has 124 valence electrons. The van der Waals surface area contributed by atoms with Gasteiger partial charge in [0.25, 0.3) is 0 Å². The summed E-state index contributed by atoms with van der Waals surface area (Å²) in [6.07, 6.45) is 0. The maximum absolute atomic E-state index is 12.0. The number of urea groups is 1. The number of nitrogens with one attached hydrogen (secondary N) is 2. The van der Waals surface area contributed by atoms with E-state index in [1.165, 1.54) is 11.3 Å². The van der Waals surface area contributed by atoms with E-state index in [1.54, 1.807) is 7.11 Å². The predicted molar refractivity (Wildman–Crippen MR) is 89.4 cm³/mol. The van der Waals surface area contributed by atoms with Crippen LogP contribution in [0, 0.1) is 6.92 Å². The first-order valence-electron chi connectivity index (χ1n) is 7.21. The third kappa shape index (κ3) is 4.56. The second-order valence-corrected chi connectivity index (χ2v) is 5.97. The Morgan fingerprint density at radius 1 is 1.35 bits per heavy atom. The lowest BCUT2D eigenvalue weighted by molar-refractivity contribution is 0.249. The second-order valence-electron chi connectivity index (χ2n) is 4.79. The highest BCUT2D eigenvalue weighted by molar-refractivity contribution is 7.15. The molecule has 0 saturated heterocycles. The Kier molecular flexibility index (Phi) is 5.75. The van der Waals surface area contributed by atoms with Crippen molar-refractivity contribution in [3.63, 3.8) is 0 Å². The molecule has 8 heteroatoms. The number of amides is 2. The number of carbonyl (C=O) groups excluding carboxylic acids is 1. The van der Waals surface area contributed by atoms with E-state index < -0.39 is 0 Å². The molecule has 0 aliphatic rings. The first-order chi connectivity index (χ1) is 11.0. The van der Waals surface area contributed by atoms with Crippen molar-refractivity contribution in [3.8, 4) is 11.5 Å². The number of aryl methyl sites for hydroxylation is 1. The zero-order chi connectivity index (χ0) is 16.8. The average molecular weight is 336 g/mol. The van der Waals surface area contributed by atoms with Crippen molar-refractivity contribution in [1.82, 2.24) is 15.5 Å². The van der Waals surface area contributed by atoms with Crippen molar-refractivity contribution in [2.45, 2.75) is 26.8 Å². The van der Waals surface area contributed by atoms with Crippen molar-refractivity contribution in [2.24, 2.45) is 0 Å². The third-order valence-corrected chi connectivity index (χ3v) is 3.84. The highest BCUT2D eigenvalue weighted by Gasteiger charge is 2.14. The fraction of sp³-hybridized carbons (Fsp3) is 0.400. The van der Waals surface area contributed by atoms with Crippen LogP contribution in [0.3, 0.4) is 0 Å². The summed E-state index contributed by atoms with van der Waals surface area (Å²) in [5, 5.41) is 14.5. The minimum atomic E-state index is -0.332. The standard InChI is InChI=1S/C15H20N4O3S/c1-5-22-12-7-6-11(8-13(12)21-4)9(2)16-14(20)17-15-19-18-10(3)23-15/h6-9H,5H2,1-4H3,(H2,16,17,19,20)/t9-/m1/s1. The Hall–Kier alpha value is -2.35. The number of hydrogen-bond acceptors (Lipinski definition) is 6. The van der Waals surface area contributed by atoms with Crippen molar-refractivity contribution in [1.29, 1.82) is 0 Å². The van der Waals surface area contributed by atoms with Crippen molar-refractivity contribution >= 4 is 22.5 Å². The van der Waals surface area contributed by atoms with Gasteiger partial charge in [0.05, 0.1) is 19.8 Å². The quantitative estimate of drug-likeness (QED) is 0.846. The minimum Gasteiger partial charge on any atom is -0.493 e. The normalized spacial score (nSPS) is 11.7. The van der Waals surface area contributed by atoms with E-state index in [4.69, 9.17) is 9.47 Å². The van der Waals surface area contributed by atoms with Gasteiger partial charge in [0, 0.05) is 0 Å². The molecule has 1 atom stereocenters. The van der Waals surface area contributed by atoms with Gasteiger partial charge in [0.2, 0.25) is 5.13 Å². The number of nitrogens with zero attached hydrogens (tertiary/aromatic N) is 2. The second kappa shape index (κ2) is 7.77. The number of benzene rings is 1. The Balaban J connectivity index is 2.02. The Morgan fingerprint density at radius 3 is 2.74 bits per heavy atom. The summed E-state index contributed by atoms with van der Waals surface area (Å²) >= 11 is 1.32. The lowest BCUT2D eigenvalue weighted by atomic mass is 10.1. The molecule has 0 bridgehead atoms. The van der Waals surface area contributed by atoms with Gasteiger partial charge < -0.3 is 14.8 Å². The van der Waals surface area contributed by atoms with Crippen LogP contribution in [0.2, 0.25) is 0 Å². The molecule has 0 aliphatic carbocycles. The molecule has 0 radical (unpaired) electrons. The minimum absolute atomic E-state index is 0.200. The molecule has 0 fully saturated rings. The topological polar surface area (TPSA) is 85.4 Å². The van der Waals surface area contributed by atoms with Gasteiger partial charge in [-0.15, -0.1) is 10.2 Å². The SMILES string of the molecule is CCOc1ccc([C@@H](C)NC(=O)Nc2nnc(C)s2)cc1OC. The lowest BCUT2D eigenvalue weighted by Crippen LogP contribution is -2.31. The Morgan fingerprint density at radius 2 is 2.13 bits per heavy atom. The zero-order valence-corrected chi connectivity index (χ0v) is 14.4. The molecule has 1 heterocycles. The smallest absolute Gasteiger partial charge is 0.321 e. The van der Waals surface area contributed by atoms with Gasteiger partial charge in [-0.1, -0.05) is 17.4 Å². The molecular formula is C15H20N4O3S. The number of methoxy groups -OCH3 is 1. The van der Waals surface area contributed by atoms with Gasteiger partial charge in [-0.25, -0.2) is 4.79 Å². The predicted octanol–water partition coefficient (Wildman–Crippen LogP) is 3.14. The van der Waals surface area contributed by atoms with E-state index in [0.717, 1.165) is 10.6 Å². The average Bonchev–Trinajstić information content (AvgIpc) is 2.92. The van der Waals surface area contributed by atoms with Crippen molar-refractivity contribution < 1.29 is 14.3 Å². The number of rotatable bonds is 6. The Labute approximate surface area is 139 Å². The van der Waals surface area contributed by atoms with Crippen LogP contribution in [0.15, 0.2) is 18.2 Å². The van der Waals surface area contributed by atoms with Gasteiger partial charge in [-0.3, -0.25) is 5.32 Å². The lowest BCUT2D eigenvalue weighted by Gasteiger charge is -2.16. The third-order valence-electron chi connectivity index (χ3n) is 3.08. The van der Waals surface area contributed by atoms with E-state index in [9.17, 15) is 4.79 Å². The van der Waals surface area contributed by atoms with Crippen LogP contribution in [0.4, 0.5) is 9.93 Å². The fourth-order valence-electron chi connectivity index (χ4n) is 1.99. The van der Waals surface area contributed by atoms with E-state index in [2.05, 4.69) is 20.8 Å². The van der Waals surface area contributed by atoms with Gasteiger partial charge in [0.1, 0.15) is 5.01 Å². The van der Waals surface area contributed by atoms with E-state index >= 15 is 0 Å². The summed E-state index contributed by atoms with van der Waals surface area (Å²) in [5.41, 5.74) is 0.911. The van der Waals surface area contributed by atoms with E-state index in [1.807, 2.05) is 39.0 Å². The van der Waals surface area contributed by atoms with Crippen LogP contribution in [0.25, 0.3) is 0 Å². The maximum atomic E-state index is 12.0. The van der Waals surface area contributed by atoms with Gasteiger partial charge >= 0.3 is 6.03 Å².